The van der Waals surface area contributed by atoms with Gasteiger partial charge < -0.3 is 44.4 Å². The van der Waals surface area contributed by atoms with Crippen LogP contribution in [0.1, 0.15) is 68.1 Å². The zero-order chi connectivity index (χ0) is 40.7. The van der Waals surface area contributed by atoms with Crippen LogP contribution in [0.15, 0.2) is 46.1 Å². The van der Waals surface area contributed by atoms with Crippen molar-refractivity contribution in [1.29, 1.82) is 0 Å². The largest absolute Gasteiger partial charge is 0.496 e. The van der Waals surface area contributed by atoms with Crippen molar-refractivity contribution in [3.63, 3.8) is 0 Å². The van der Waals surface area contributed by atoms with Gasteiger partial charge in [-0.2, -0.15) is 0 Å². The molecule has 1 aromatic heterocycles. The molecule has 1 unspecified atom stereocenters. The highest BCUT2D eigenvalue weighted by molar-refractivity contribution is 6.22. The van der Waals surface area contributed by atoms with E-state index in [1.807, 2.05) is 12.1 Å². The molecule has 0 saturated heterocycles. The quantitative estimate of drug-likeness (QED) is 0.137. The average Bonchev–Trinajstić information content (AvgIpc) is 3.46. The van der Waals surface area contributed by atoms with Crippen LogP contribution in [0.2, 0.25) is 0 Å². The van der Waals surface area contributed by atoms with Crippen molar-refractivity contribution in [1.82, 2.24) is 24.6 Å². The maximum absolute atomic E-state index is 13.3. The Morgan fingerprint density at radius 3 is 2.36 bits per heavy atom. The summed E-state index contributed by atoms with van der Waals surface area (Å²) >= 11 is 0. The summed E-state index contributed by atoms with van der Waals surface area (Å²) in [5.74, 6) is -0.141. The van der Waals surface area contributed by atoms with Crippen molar-refractivity contribution in [2.75, 3.05) is 41.5 Å². The number of hydrogen-bond acceptors (Lipinski definition) is 10. The third-order valence-electron chi connectivity index (χ3n) is 10.5. The number of hydrogen-bond donors (Lipinski definition) is 2. The number of urea groups is 1. The number of unbranched alkanes of at least 4 members (excludes halogenated alkanes) is 2. The van der Waals surface area contributed by atoms with Gasteiger partial charge in [0.2, 0.25) is 11.8 Å². The van der Waals surface area contributed by atoms with Gasteiger partial charge in [-0.25, -0.2) is 4.79 Å². The number of benzene rings is 1. The number of aryl methyl sites for hydroxylation is 1. The first-order valence-electron chi connectivity index (χ1n) is 18.7. The molecule has 5 rings (SSSR count). The van der Waals surface area contributed by atoms with E-state index >= 15 is 0 Å². The number of nitrogens with one attached hydrogen (secondary N) is 1. The molecule has 16 nitrogen and oxygen atoms in total. The lowest BCUT2D eigenvalue weighted by Gasteiger charge is -2.29. The van der Waals surface area contributed by atoms with Crippen LogP contribution in [0.25, 0.3) is 11.1 Å². The van der Waals surface area contributed by atoms with Crippen molar-refractivity contribution in [2.45, 2.75) is 76.9 Å². The molecule has 1 aliphatic carbocycles. The van der Waals surface area contributed by atoms with Gasteiger partial charge in [-0.3, -0.25) is 28.9 Å². The van der Waals surface area contributed by atoms with Crippen LogP contribution < -0.4 is 26.1 Å². The number of carbonyl (C=O) groups is 6. The highest BCUT2D eigenvalue weighted by Crippen LogP contribution is 2.39. The number of carbonyl (C=O) groups excluding carboxylic acids is 6. The minimum Gasteiger partial charge on any atom is -0.496 e. The zero-order valence-electron chi connectivity index (χ0n) is 32.6. The van der Waals surface area contributed by atoms with Crippen LogP contribution in [-0.2, 0) is 55.3 Å². The van der Waals surface area contributed by atoms with Crippen molar-refractivity contribution in [3.8, 4) is 22.6 Å². The molecule has 1 atom stereocenters. The van der Waals surface area contributed by atoms with Crippen LogP contribution >= 0.6 is 0 Å². The molecule has 1 aromatic carbocycles. The number of pyridine rings is 1. The number of nitrogens with two attached hydrogens (primary N) is 1. The van der Waals surface area contributed by atoms with E-state index in [-0.39, 0.29) is 61.9 Å². The molecule has 16 heteroatoms. The maximum Gasteiger partial charge on any atom is 0.315 e. The molecule has 3 aliphatic rings. The number of nitrogens with zero attached hydrogens (tertiary/aromatic N) is 4. The molecule has 0 radical (unpaired) electrons. The number of primary amides is 1. The van der Waals surface area contributed by atoms with Gasteiger partial charge in [-0.1, -0.05) is 0 Å². The first-order valence-corrected chi connectivity index (χ1v) is 18.7. The van der Waals surface area contributed by atoms with Crippen molar-refractivity contribution in [3.05, 3.63) is 68.4 Å². The smallest absolute Gasteiger partial charge is 0.315 e. The Balaban J connectivity index is 1.15. The molecule has 300 valence electrons. The van der Waals surface area contributed by atoms with E-state index < -0.39 is 23.9 Å². The number of methoxy groups -OCH3 is 2. The number of aromatic nitrogens is 1. The summed E-state index contributed by atoms with van der Waals surface area (Å²) in [6, 6.07) is 2.09. The van der Waals surface area contributed by atoms with Gasteiger partial charge in [0.25, 0.3) is 17.4 Å². The molecular formula is C40H50N6O10. The normalized spacial score (nSPS) is 15.5. The summed E-state index contributed by atoms with van der Waals surface area (Å²) in [5, 5.41) is 2.47. The molecule has 6 amide bonds. The van der Waals surface area contributed by atoms with E-state index in [4.69, 9.17) is 19.9 Å². The molecule has 56 heavy (non-hydrogen) atoms. The molecule has 0 saturated carbocycles. The Morgan fingerprint density at radius 2 is 1.71 bits per heavy atom. The van der Waals surface area contributed by atoms with E-state index in [9.17, 15) is 33.6 Å². The number of aldehydes is 1. The van der Waals surface area contributed by atoms with E-state index in [1.165, 1.54) is 16.5 Å². The molecule has 3 N–H and O–H groups in total. The third-order valence-corrected chi connectivity index (χ3v) is 10.5. The number of ether oxygens (including phenoxy) is 3. The standard InChI is InChI=1S/C40H50N6O10/c1-42-34(48)14-13-25(23-47)46-38(51)27-10-9-11-31(36(27)39(46)52)56-17-8-6-7-12-35(49)43(2)21-30-32(54-4)18-24(19-33(30)55-5)28-20-44(3)37(50)29-22-45(40(41)53)16-15-26(28)29/h11,18-20,23,25H,6-10,12-17,21-22H2,1-5H3,(H2,41,53)(H,42,48). The Morgan fingerprint density at radius 1 is 1.00 bits per heavy atom. The number of allylic oxidation sites excluding steroid dienone is 1. The lowest BCUT2D eigenvalue weighted by atomic mass is 9.91. The Kier molecular flexibility index (Phi) is 13.4. The highest BCUT2D eigenvalue weighted by Gasteiger charge is 2.44. The topological polar surface area (TPSA) is 200 Å². The number of amides is 6. The molecule has 0 spiro atoms. The molecule has 3 heterocycles. The van der Waals surface area contributed by atoms with E-state index in [1.54, 1.807) is 45.5 Å². The van der Waals surface area contributed by atoms with Gasteiger partial charge in [-0.05, 0) is 74.3 Å². The van der Waals surface area contributed by atoms with Crippen molar-refractivity contribution < 1.29 is 43.0 Å². The van der Waals surface area contributed by atoms with Gasteiger partial charge >= 0.3 is 6.03 Å². The summed E-state index contributed by atoms with van der Waals surface area (Å²) in [4.78, 5) is 92.1. The van der Waals surface area contributed by atoms with Crippen molar-refractivity contribution in [2.24, 2.45) is 12.8 Å². The Labute approximate surface area is 325 Å². The molecule has 0 bridgehead atoms. The maximum atomic E-state index is 13.3. The Bertz CT molecular complexity index is 2010. The lowest BCUT2D eigenvalue weighted by molar-refractivity contribution is -0.143. The minimum atomic E-state index is -1.05. The van der Waals surface area contributed by atoms with Gasteiger partial charge in [0.1, 0.15) is 23.5 Å². The van der Waals surface area contributed by atoms with Crippen LogP contribution in [0, 0.1) is 0 Å². The summed E-state index contributed by atoms with van der Waals surface area (Å²) in [6.07, 6.45) is 7.57. The molecule has 0 fully saturated rings. The molecular weight excluding hydrogens is 724 g/mol. The summed E-state index contributed by atoms with van der Waals surface area (Å²) in [6.45, 7) is 1.01. The molecule has 2 aliphatic heterocycles. The van der Waals surface area contributed by atoms with E-state index in [0.29, 0.717) is 85.3 Å². The van der Waals surface area contributed by atoms with Crippen LogP contribution in [0.3, 0.4) is 0 Å². The third kappa shape index (κ3) is 8.63. The van der Waals surface area contributed by atoms with Gasteiger partial charge in [-0.15, -0.1) is 0 Å². The van der Waals surface area contributed by atoms with Crippen LogP contribution in [0.4, 0.5) is 4.79 Å². The van der Waals surface area contributed by atoms with Crippen LogP contribution in [-0.4, -0.2) is 103 Å². The van der Waals surface area contributed by atoms with Gasteiger partial charge in [0, 0.05) is 63.4 Å². The fraction of sp³-hybridized carbons (Fsp3) is 0.475. The second kappa shape index (κ2) is 18.1. The summed E-state index contributed by atoms with van der Waals surface area (Å²) in [5.41, 5.74) is 9.42. The van der Waals surface area contributed by atoms with Crippen LogP contribution in [0.5, 0.6) is 11.5 Å². The fourth-order valence-corrected chi connectivity index (χ4v) is 7.41. The number of fused-ring (bicyclic) bond motifs is 1. The van der Waals surface area contributed by atoms with Crippen molar-refractivity contribution >= 4 is 35.9 Å². The SMILES string of the molecule is CNC(=O)CCC(C=O)N1C(=O)C2=C(C1=O)C(OCCCCCC(=O)N(C)Cc1c(OC)cc(-c3cn(C)c(=O)c4c3CCN(C(N)=O)C4)cc1OC)=CCC2. The Hall–Kier alpha value is -5.93. The average molecular weight is 775 g/mol. The second-order valence-corrected chi connectivity index (χ2v) is 14.1. The minimum absolute atomic E-state index is 0.00257. The zero-order valence-corrected chi connectivity index (χ0v) is 32.6. The predicted octanol–water partition coefficient (Wildman–Crippen LogP) is 2.48. The number of rotatable bonds is 17. The molecule has 2 aromatic rings. The second-order valence-electron chi connectivity index (χ2n) is 14.1. The number of imide groups is 1. The van der Waals surface area contributed by atoms with Gasteiger partial charge in [0.05, 0.1) is 51.1 Å². The summed E-state index contributed by atoms with van der Waals surface area (Å²) in [7, 11) is 7.93. The lowest BCUT2D eigenvalue weighted by Crippen LogP contribution is -2.43. The van der Waals surface area contributed by atoms with E-state index in [0.717, 1.165) is 21.6 Å². The first-order chi connectivity index (χ1) is 26.8. The highest BCUT2D eigenvalue weighted by atomic mass is 16.5. The first kappa shape index (κ1) is 41.2. The monoisotopic (exact) mass is 774 g/mol. The van der Waals surface area contributed by atoms with Gasteiger partial charge in [0.15, 0.2) is 0 Å². The fourth-order valence-electron chi connectivity index (χ4n) is 7.41. The summed E-state index contributed by atoms with van der Waals surface area (Å²) < 4.78 is 19.0. The van der Waals surface area contributed by atoms with E-state index in [2.05, 4.69) is 5.32 Å². The predicted molar refractivity (Wildman–Crippen MR) is 204 cm³/mol.